The Hall–Kier alpha value is -1.50. The van der Waals surface area contributed by atoms with Crippen LogP contribution < -0.4 is 11.4 Å². The van der Waals surface area contributed by atoms with Gasteiger partial charge in [-0.1, -0.05) is 65.3 Å². The smallest absolute Gasteiger partial charge is 0.299 e. The number of benzene rings is 1. The summed E-state index contributed by atoms with van der Waals surface area (Å²) in [5, 5.41) is 8.58. The fourth-order valence-electron chi connectivity index (χ4n) is 1.43. The fraction of sp³-hybridized carbons (Fsp3) is 0.0833. The summed E-state index contributed by atoms with van der Waals surface area (Å²) < 4.78 is 0.957. The van der Waals surface area contributed by atoms with Crippen molar-refractivity contribution in [2.24, 2.45) is 0 Å². The summed E-state index contributed by atoms with van der Waals surface area (Å²) in [5.41, 5.74) is 1.70. The molecule has 5 nitrogen and oxygen atoms in total. The minimum atomic E-state index is -0.417. The lowest BCUT2D eigenvalue weighted by atomic mass is 10.2. The third-order valence-electron chi connectivity index (χ3n) is 2.37. The molecule has 0 spiro atoms. The number of hydrogen-bond donors (Lipinski definition) is 1. The molecule has 2 aromatic rings. The van der Waals surface area contributed by atoms with Gasteiger partial charge in [0.25, 0.3) is 5.56 Å². The SMILES string of the molecule is Nn1c(SCC(Cl)=CCl)nnc(-c2ccccc2)c1=O. The van der Waals surface area contributed by atoms with Crippen LogP contribution in [-0.2, 0) is 0 Å². The molecule has 0 atom stereocenters. The van der Waals surface area contributed by atoms with Crippen LogP contribution in [-0.4, -0.2) is 20.6 Å². The number of halogens is 2. The Morgan fingerprint density at radius 1 is 1.35 bits per heavy atom. The van der Waals surface area contributed by atoms with Gasteiger partial charge in [-0.25, -0.2) is 0 Å². The van der Waals surface area contributed by atoms with E-state index in [1.165, 1.54) is 17.3 Å². The van der Waals surface area contributed by atoms with Gasteiger partial charge in [-0.05, 0) is 0 Å². The summed E-state index contributed by atoms with van der Waals surface area (Å²) in [6.45, 7) is 0. The first-order chi connectivity index (χ1) is 9.63. The van der Waals surface area contributed by atoms with Gasteiger partial charge in [0.2, 0.25) is 5.16 Å². The van der Waals surface area contributed by atoms with Crippen molar-refractivity contribution in [1.82, 2.24) is 14.9 Å². The summed E-state index contributed by atoms with van der Waals surface area (Å²) in [5.74, 6) is 6.10. The Labute approximate surface area is 129 Å². The maximum absolute atomic E-state index is 12.2. The molecule has 0 fully saturated rings. The number of thioether (sulfide) groups is 1. The molecule has 0 saturated carbocycles. The van der Waals surface area contributed by atoms with Crippen LogP contribution in [0.25, 0.3) is 11.3 Å². The highest BCUT2D eigenvalue weighted by Gasteiger charge is 2.12. The van der Waals surface area contributed by atoms with E-state index in [4.69, 9.17) is 29.0 Å². The molecular weight excluding hydrogens is 319 g/mol. The zero-order chi connectivity index (χ0) is 14.5. The van der Waals surface area contributed by atoms with Gasteiger partial charge in [0.05, 0.1) is 0 Å². The minimum absolute atomic E-state index is 0.205. The largest absolute Gasteiger partial charge is 0.334 e. The fourth-order valence-corrected chi connectivity index (χ4v) is 2.43. The van der Waals surface area contributed by atoms with Crippen molar-refractivity contribution in [1.29, 1.82) is 0 Å². The van der Waals surface area contributed by atoms with Gasteiger partial charge >= 0.3 is 0 Å². The van der Waals surface area contributed by atoms with Gasteiger partial charge < -0.3 is 5.84 Å². The minimum Gasteiger partial charge on any atom is -0.334 e. The maximum atomic E-state index is 12.2. The van der Waals surface area contributed by atoms with E-state index in [9.17, 15) is 4.79 Å². The summed E-state index contributed by atoms with van der Waals surface area (Å²) in [4.78, 5) is 12.2. The van der Waals surface area contributed by atoms with Gasteiger partial charge in [-0.3, -0.25) is 4.79 Å². The normalized spacial score (nSPS) is 11.6. The quantitative estimate of drug-likeness (QED) is 0.689. The Morgan fingerprint density at radius 2 is 2.05 bits per heavy atom. The molecule has 0 saturated heterocycles. The van der Waals surface area contributed by atoms with E-state index in [0.717, 1.165) is 4.68 Å². The molecule has 0 unspecified atom stereocenters. The molecule has 0 radical (unpaired) electrons. The zero-order valence-corrected chi connectivity index (χ0v) is 12.5. The second kappa shape index (κ2) is 6.78. The van der Waals surface area contributed by atoms with Gasteiger partial charge in [0.1, 0.15) is 0 Å². The summed E-state index contributed by atoms with van der Waals surface area (Å²) in [7, 11) is 0. The summed E-state index contributed by atoms with van der Waals surface area (Å²) in [6, 6.07) is 9.01. The molecule has 104 valence electrons. The Morgan fingerprint density at radius 3 is 2.70 bits per heavy atom. The topological polar surface area (TPSA) is 73.8 Å². The molecule has 1 aromatic carbocycles. The van der Waals surface area contributed by atoms with Crippen LogP contribution >= 0.6 is 35.0 Å². The van der Waals surface area contributed by atoms with Crippen LogP contribution in [0.5, 0.6) is 0 Å². The van der Waals surface area contributed by atoms with Crippen LogP contribution in [0.3, 0.4) is 0 Å². The van der Waals surface area contributed by atoms with Crippen molar-refractivity contribution < 1.29 is 0 Å². The Balaban J connectivity index is 2.33. The van der Waals surface area contributed by atoms with Crippen LogP contribution in [0.1, 0.15) is 0 Å². The average molecular weight is 329 g/mol. The lowest BCUT2D eigenvalue weighted by Crippen LogP contribution is -2.32. The number of nitrogen functional groups attached to an aromatic ring is 1. The van der Waals surface area contributed by atoms with E-state index in [1.807, 2.05) is 18.2 Å². The second-order valence-corrected chi connectivity index (χ2v) is 5.36. The van der Waals surface area contributed by atoms with E-state index in [0.29, 0.717) is 16.3 Å². The van der Waals surface area contributed by atoms with E-state index < -0.39 is 5.56 Å². The van der Waals surface area contributed by atoms with E-state index in [2.05, 4.69) is 10.2 Å². The van der Waals surface area contributed by atoms with Crippen molar-refractivity contribution in [2.75, 3.05) is 11.6 Å². The zero-order valence-electron chi connectivity index (χ0n) is 10.2. The predicted molar refractivity (Wildman–Crippen MR) is 82.4 cm³/mol. The molecule has 0 aliphatic rings. The number of nitrogens with zero attached hydrogens (tertiary/aromatic N) is 3. The third kappa shape index (κ3) is 3.33. The van der Waals surface area contributed by atoms with Crippen molar-refractivity contribution in [3.05, 3.63) is 51.3 Å². The molecule has 0 aliphatic carbocycles. The molecule has 2 N–H and O–H groups in total. The Kier molecular flexibility index (Phi) is 5.05. The summed E-state index contributed by atoms with van der Waals surface area (Å²) >= 11 is 12.4. The van der Waals surface area contributed by atoms with Gasteiger partial charge in [-0.2, -0.15) is 4.68 Å². The van der Waals surface area contributed by atoms with Crippen LogP contribution in [0.4, 0.5) is 0 Å². The van der Waals surface area contributed by atoms with Crippen molar-refractivity contribution in [3.8, 4) is 11.3 Å². The molecule has 0 aliphatic heterocycles. The first kappa shape index (κ1) is 14.9. The van der Waals surface area contributed by atoms with Crippen LogP contribution in [0.15, 0.2) is 50.9 Å². The monoisotopic (exact) mass is 328 g/mol. The van der Waals surface area contributed by atoms with Crippen molar-refractivity contribution in [2.45, 2.75) is 5.16 Å². The first-order valence-electron chi connectivity index (χ1n) is 5.51. The van der Waals surface area contributed by atoms with E-state index >= 15 is 0 Å². The Bertz CT molecular complexity index is 688. The third-order valence-corrected chi connectivity index (χ3v) is 4.14. The molecular formula is C12H10Cl2N4OS. The van der Waals surface area contributed by atoms with Gasteiger partial charge in [0.15, 0.2) is 5.69 Å². The standard InChI is InChI=1S/C12H10Cl2N4OS/c13-6-9(14)7-20-12-17-16-10(11(19)18(12)15)8-4-2-1-3-5-8/h1-6H,7,15H2. The lowest BCUT2D eigenvalue weighted by molar-refractivity contribution is 0.704. The van der Waals surface area contributed by atoms with Crippen molar-refractivity contribution >= 4 is 35.0 Å². The molecule has 1 aromatic heterocycles. The molecule has 0 bridgehead atoms. The highest BCUT2D eigenvalue weighted by Crippen LogP contribution is 2.19. The van der Waals surface area contributed by atoms with Crippen LogP contribution in [0, 0.1) is 0 Å². The maximum Gasteiger partial charge on any atom is 0.299 e. The first-order valence-corrected chi connectivity index (χ1v) is 7.31. The number of hydrogen-bond acceptors (Lipinski definition) is 5. The van der Waals surface area contributed by atoms with Crippen LogP contribution in [0.2, 0.25) is 0 Å². The molecule has 2 rings (SSSR count). The molecule has 0 amide bonds. The average Bonchev–Trinajstić information content (AvgIpc) is 2.49. The molecule has 1 heterocycles. The predicted octanol–water partition coefficient (Wildman–Crippen LogP) is 2.43. The molecule has 20 heavy (non-hydrogen) atoms. The lowest BCUT2D eigenvalue weighted by Gasteiger charge is -2.07. The molecule has 8 heteroatoms. The highest BCUT2D eigenvalue weighted by atomic mass is 35.5. The number of nitrogens with two attached hydrogens (primary N) is 1. The number of rotatable bonds is 4. The van der Waals surface area contributed by atoms with E-state index in [-0.39, 0.29) is 10.9 Å². The van der Waals surface area contributed by atoms with Crippen molar-refractivity contribution in [3.63, 3.8) is 0 Å². The van der Waals surface area contributed by atoms with Gasteiger partial charge in [0, 0.05) is 21.9 Å². The van der Waals surface area contributed by atoms with E-state index in [1.54, 1.807) is 12.1 Å². The highest BCUT2D eigenvalue weighted by molar-refractivity contribution is 7.99. The van der Waals surface area contributed by atoms with Gasteiger partial charge in [-0.15, -0.1) is 10.2 Å². The summed E-state index contributed by atoms with van der Waals surface area (Å²) in [6.07, 6.45) is 0. The number of aromatic nitrogens is 3. The second-order valence-electron chi connectivity index (χ2n) is 3.72.